The third-order valence-electron chi connectivity index (χ3n) is 2.79. The van der Waals surface area contributed by atoms with Gasteiger partial charge in [-0.1, -0.05) is 28.8 Å². The van der Waals surface area contributed by atoms with Gasteiger partial charge in [0.1, 0.15) is 5.01 Å². The van der Waals surface area contributed by atoms with E-state index in [2.05, 4.69) is 25.8 Å². The Hall–Kier alpha value is 0.0700. The molecule has 2 heterocycles. The smallest absolute Gasteiger partial charge is 0.107 e. The lowest BCUT2D eigenvalue weighted by atomic mass is 10.2. The van der Waals surface area contributed by atoms with Crippen molar-refractivity contribution in [1.82, 2.24) is 9.88 Å². The number of halogens is 1. The summed E-state index contributed by atoms with van der Waals surface area (Å²) in [6.45, 7) is 3.56. The van der Waals surface area contributed by atoms with Crippen molar-refractivity contribution in [2.24, 2.45) is 0 Å². The highest BCUT2D eigenvalue weighted by molar-refractivity contribution is 9.08. The molecule has 1 aromatic heterocycles. The Labute approximate surface area is 104 Å². The standard InChI is InChI=1S/C11H17BrN2S/c12-7-10-8-13-11(15-10)9-14-5-3-1-2-4-6-14/h8H,1-7,9H2. The Bertz CT molecular complexity index is 293. The molecule has 0 atom stereocenters. The molecule has 0 bridgehead atoms. The van der Waals surface area contributed by atoms with E-state index in [4.69, 9.17) is 0 Å². The minimum absolute atomic E-state index is 0.935. The zero-order chi connectivity index (χ0) is 10.5. The highest BCUT2D eigenvalue weighted by Gasteiger charge is 2.11. The SMILES string of the molecule is BrCc1cnc(CN2CCCCCC2)s1. The number of hydrogen-bond acceptors (Lipinski definition) is 3. The maximum atomic E-state index is 4.46. The molecule has 1 fully saturated rings. The van der Waals surface area contributed by atoms with Crippen LogP contribution >= 0.6 is 27.3 Å². The monoisotopic (exact) mass is 288 g/mol. The molecule has 0 N–H and O–H groups in total. The predicted molar refractivity (Wildman–Crippen MR) is 68.5 cm³/mol. The molecule has 0 aromatic carbocycles. The van der Waals surface area contributed by atoms with Crippen LogP contribution in [0.25, 0.3) is 0 Å². The first-order valence-electron chi connectivity index (χ1n) is 5.60. The average Bonchev–Trinajstić information content (AvgIpc) is 2.54. The zero-order valence-electron chi connectivity index (χ0n) is 8.91. The Morgan fingerprint density at radius 3 is 2.60 bits per heavy atom. The van der Waals surface area contributed by atoms with Crippen LogP contribution in [0.5, 0.6) is 0 Å². The molecule has 0 aliphatic carbocycles. The van der Waals surface area contributed by atoms with Crippen molar-refractivity contribution >= 4 is 27.3 Å². The summed E-state index contributed by atoms with van der Waals surface area (Å²) >= 11 is 5.30. The van der Waals surface area contributed by atoms with Crippen molar-refractivity contribution in [2.75, 3.05) is 13.1 Å². The minimum atomic E-state index is 0.935. The van der Waals surface area contributed by atoms with Gasteiger partial charge in [-0.2, -0.15) is 0 Å². The summed E-state index contributed by atoms with van der Waals surface area (Å²) in [5.41, 5.74) is 0. The maximum Gasteiger partial charge on any atom is 0.107 e. The molecule has 2 nitrogen and oxygen atoms in total. The Balaban J connectivity index is 1.89. The molecule has 0 saturated carbocycles. The van der Waals surface area contributed by atoms with Crippen LogP contribution in [0.15, 0.2) is 6.20 Å². The van der Waals surface area contributed by atoms with Crippen molar-refractivity contribution in [2.45, 2.75) is 37.6 Å². The third-order valence-corrected chi connectivity index (χ3v) is 4.75. The summed E-state index contributed by atoms with van der Waals surface area (Å²) < 4.78 is 0. The summed E-state index contributed by atoms with van der Waals surface area (Å²) in [6.07, 6.45) is 7.52. The molecular formula is C11H17BrN2S. The zero-order valence-corrected chi connectivity index (χ0v) is 11.3. The third kappa shape index (κ3) is 3.54. The number of hydrogen-bond donors (Lipinski definition) is 0. The molecule has 0 spiro atoms. The van der Waals surface area contributed by atoms with E-state index in [1.54, 1.807) is 0 Å². The van der Waals surface area contributed by atoms with Gasteiger partial charge in [0.2, 0.25) is 0 Å². The molecular weight excluding hydrogens is 272 g/mol. The van der Waals surface area contributed by atoms with Crippen molar-refractivity contribution < 1.29 is 0 Å². The van der Waals surface area contributed by atoms with Gasteiger partial charge in [-0.15, -0.1) is 11.3 Å². The molecule has 1 aromatic rings. The van der Waals surface area contributed by atoms with Gasteiger partial charge in [-0.25, -0.2) is 4.98 Å². The fourth-order valence-electron chi connectivity index (χ4n) is 1.97. The largest absolute Gasteiger partial charge is 0.297 e. The summed E-state index contributed by atoms with van der Waals surface area (Å²) in [5.74, 6) is 0. The highest BCUT2D eigenvalue weighted by Crippen LogP contribution is 2.19. The molecule has 2 rings (SSSR count). The topological polar surface area (TPSA) is 16.1 Å². The number of rotatable bonds is 3. The second-order valence-electron chi connectivity index (χ2n) is 4.04. The van der Waals surface area contributed by atoms with Gasteiger partial charge in [0.05, 0.1) is 6.54 Å². The van der Waals surface area contributed by atoms with Crippen LogP contribution in [-0.4, -0.2) is 23.0 Å². The van der Waals surface area contributed by atoms with E-state index in [0.717, 1.165) is 11.9 Å². The second kappa shape index (κ2) is 5.97. The summed E-state index contributed by atoms with van der Waals surface area (Å²) in [5, 5.41) is 2.20. The second-order valence-corrected chi connectivity index (χ2v) is 5.80. The van der Waals surface area contributed by atoms with Crippen LogP contribution < -0.4 is 0 Å². The quantitative estimate of drug-likeness (QED) is 0.793. The van der Waals surface area contributed by atoms with E-state index in [-0.39, 0.29) is 0 Å². The fourth-order valence-corrected chi connectivity index (χ4v) is 3.27. The first kappa shape index (κ1) is 11.6. The molecule has 4 heteroatoms. The molecule has 0 radical (unpaired) electrons. The van der Waals surface area contributed by atoms with Crippen molar-refractivity contribution in [1.29, 1.82) is 0 Å². The lowest BCUT2D eigenvalue weighted by Gasteiger charge is -2.17. The van der Waals surface area contributed by atoms with Gasteiger partial charge < -0.3 is 0 Å². The van der Waals surface area contributed by atoms with Crippen molar-refractivity contribution in [3.05, 3.63) is 16.1 Å². The molecule has 84 valence electrons. The summed E-state index contributed by atoms with van der Waals surface area (Å²) in [6, 6.07) is 0. The van der Waals surface area contributed by atoms with Gasteiger partial charge >= 0.3 is 0 Å². The van der Waals surface area contributed by atoms with Gasteiger partial charge in [0.15, 0.2) is 0 Å². The molecule has 15 heavy (non-hydrogen) atoms. The molecule has 1 saturated heterocycles. The first-order chi connectivity index (χ1) is 7.38. The number of aromatic nitrogens is 1. The Morgan fingerprint density at radius 1 is 1.27 bits per heavy atom. The molecule has 0 amide bonds. The number of likely N-dealkylation sites (tertiary alicyclic amines) is 1. The average molecular weight is 289 g/mol. The Kier molecular flexibility index (Phi) is 4.60. The first-order valence-corrected chi connectivity index (χ1v) is 7.54. The van der Waals surface area contributed by atoms with Crippen LogP contribution in [0.1, 0.15) is 35.6 Å². The van der Waals surface area contributed by atoms with Crippen LogP contribution in [0.3, 0.4) is 0 Å². The van der Waals surface area contributed by atoms with Crippen molar-refractivity contribution in [3.63, 3.8) is 0 Å². The van der Waals surface area contributed by atoms with Gasteiger partial charge in [-0.3, -0.25) is 4.90 Å². The number of thiazole rings is 1. The van der Waals surface area contributed by atoms with E-state index in [9.17, 15) is 0 Å². The summed E-state index contributed by atoms with van der Waals surface area (Å²) in [7, 11) is 0. The van der Waals surface area contributed by atoms with E-state index in [1.807, 2.05) is 17.5 Å². The lowest BCUT2D eigenvalue weighted by Crippen LogP contribution is -2.23. The highest BCUT2D eigenvalue weighted by atomic mass is 79.9. The van der Waals surface area contributed by atoms with Crippen LogP contribution in [-0.2, 0) is 11.9 Å². The van der Waals surface area contributed by atoms with Crippen LogP contribution in [0.4, 0.5) is 0 Å². The van der Waals surface area contributed by atoms with Crippen molar-refractivity contribution in [3.8, 4) is 0 Å². The normalized spacial score (nSPS) is 19.0. The van der Waals surface area contributed by atoms with E-state index < -0.39 is 0 Å². The van der Waals surface area contributed by atoms with Gasteiger partial charge in [0, 0.05) is 16.4 Å². The number of alkyl halides is 1. The lowest BCUT2D eigenvalue weighted by molar-refractivity contribution is 0.276. The van der Waals surface area contributed by atoms with Gasteiger partial charge in [0.25, 0.3) is 0 Å². The van der Waals surface area contributed by atoms with Gasteiger partial charge in [-0.05, 0) is 25.9 Å². The Morgan fingerprint density at radius 2 is 2.00 bits per heavy atom. The van der Waals surface area contributed by atoms with Crippen LogP contribution in [0, 0.1) is 0 Å². The predicted octanol–water partition coefficient (Wildman–Crippen LogP) is 3.41. The van der Waals surface area contributed by atoms with E-state index >= 15 is 0 Å². The van der Waals surface area contributed by atoms with E-state index in [0.29, 0.717) is 0 Å². The molecule has 1 aliphatic rings. The molecule has 1 aliphatic heterocycles. The fraction of sp³-hybridized carbons (Fsp3) is 0.727. The van der Waals surface area contributed by atoms with Crippen LogP contribution in [0.2, 0.25) is 0 Å². The minimum Gasteiger partial charge on any atom is -0.297 e. The maximum absolute atomic E-state index is 4.46. The van der Waals surface area contributed by atoms with E-state index in [1.165, 1.54) is 48.7 Å². The number of nitrogens with zero attached hydrogens (tertiary/aromatic N) is 2. The summed E-state index contributed by atoms with van der Waals surface area (Å²) in [4.78, 5) is 8.34. The molecule has 0 unspecified atom stereocenters.